The lowest BCUT2D eigenvalue weighted by Crippen LogP contribution is -2.70. The van der Waals surface area contributed by atoms with Crippen LogP contribution in [0, 0.1) is 20.2 Å². The van der Waals surface area contributed by atoms with Crippen LogP contribution in [0.2, 0.25) is 0 Å². The maximum absolute atomic E-state index is 12.5. The normalized spacial score (nSPS) is 25.0. The number of Topliss-reactive ketones (excluding diaryl/α,β-unsaturated/α-hetero) is 1. The maximum Gasteiger partial charge on any atom is 0.424 e. The molecule has 1 N–H and O–H groups in total. The average Bonchev–Trinajstić information content (AvgIpc) is 2.46. The van der Waals surface area contributed by atoms with E-state index in [0.717, 1.165) is 0 Å². The average molecular weight is 293 g/mol. The van der Waals surface area contributed by atoms with Crippen molar-refractivity contribution in [3.8, 4) is 0 Å². The first-order chi connectivity index (χ1) is 9.92. The summed E-state index contributed by atoms with van der Waals surface area (Å²) in [7, 11) is 0. The summed E-state index contributed by atoms with van der Waals surface area (Å²) in [6, 6.07) is 5.18. The fourth-order valence-electron chi connectivity index (χ4n) is 2.43. The third-order valence-electron chi connectivity index (χ3n) is 3.46. The van der Waals surface area contributed by atoms with Gasteiger partial charge in [-0.05, 0) is 0 Å². The van der Waals surface area contributed by atoms with Crippen LogP contribution in [0.15, 0.2) is 30.3 Å². The van der Waals surface area contributed by atoms with E-state index in [2.05, 4.69) is 5.32 Å². The Balaban J connectivity index is 2.62. The highest BCUT2D eigenvalue weighted by atomic mass is 16.6. The first-order valence-electron chi connectivity index (χ1n) is 6.08. The molecule has 1 aromatic rings. The number of hydrogen-bond donors (Lipinski definition) is 1. The maximum atomic E-state index is 12.5. The predicted molar refractivity (Wildman–Crippen MR) is 68.9 cm³/mol. The van der Waals surface area contributed by atoms with Crippen LogP contribution in [0.5, 0.6) is 0 Å². The number of amides is 1. The Labute approximate surface area is 118 Å². The number of piperidine rings is 1. The van der Waals surface area contributed by atoms with Gasteiger partial charge >= 0.3 is 17.5 Å². The molecule has 0 bridgehead atoms. The number of carbonyl (C=O) groups excluding carboxylic acids is 2. The van der Waals surface area contributed by atoms with Gasteiger partial charge in [0.1, 0.15) is 0 Å². The molecule has 110 valence electrons. The standard InChI is InChI=1S/C12H11N3O6/c16-10(8-4-2-1-3-5-8)12(15(20)21)9(14(18)19)6-7-13-11(12)17/h1-5,9H,6-7H2,(H,13,17). The molecule has 21 heavy (non-hydrogen) atoms. The Morgan fingerprint density at radius 3 is 2.38 bits per heavy atom. The number of benzene rings is 1. The van der Waals surface area contributed by atoms with E-state index in [1.54, 1.807) is 6.07 Å². The van der Waals surface area contributed by atoms with Crippen molar-refractivity contribution in [1.29, 1.82) is 0 Å². The first kappa shape index (κ1) is 14.6. The van der Waals surface area contributed by atoms with Gasteiger partial charge in [0.25, 0.3) is 5.78 Å². The Bertz CT molecular complexity index is 617. The van der Waals surface area contributed by atoms with Gasteiger partial charge in [-0.3, -0.25) is 29.8 Å². The van der Waals surface area contributed by atoms with Crippen molar-refractivity contribution in [3.05, 3.63) is 56.1 Å². The molecule has 2 rings (SSSR count). The van der Waals surface area contributed by atoms with E-state index in [4.69, 9.17) is 0 Å². The van der Waals surface area contributed by atoms with Gasteiger partial charge in [-0.1, -0.05) is 30.3 Å². The van der Waals surface area contributed by atoms with Crippen LogP contribution in [0.4, 0.5) is 0 Å². The predicted octanol–water partition coefficient (Wildman–Crippen LogP) is 0.0500. The van der Waals surface area contributed by atoms with Gasteiger partial charge in [0.2, 0.25) is 0 Å². The SMILES string of the molecule is O=C1NCCC([N+](=O)[O-])C1(C(=O)c1ccccc1)[N+](=O)[O-]. The van der Waals surface area contributed by atoms with Crippen molar-refractivity contribution in [2.75, 3.05) is 6.54 Å². The molecule has 2 atom stereocenters. The third kappa shape index (κ3) is 2.12. The van der Waals surface area contributed by atoms with Crippen molar-refractivity contribution in [1.82, 2.24) is 5.32 Å². The number of nitrogens with one attached hydrogen (secondary N) is 1. The van der Waals surface area contributed by atoms with Crippen LogP contribution in [0.25, 0.3) is 0 Å². The number of nitro groups is 2. The molecule has 9 nitrogen and oxygen atoms in total. The summed E-state index contributed by atoms with van der Waals surface area (Å²) in [6.07, 6.45) is -0.279. The van der Waals surface area contributed by atoms with Crippen molar-refractivity contribution < 1.29 is 19.4 Å². The second kappa shape index (κ2) is 5.27. The number of carbonyl (C=O) groups is 2. The molecule has 0 aromatic heterocycles. The highest BCUT2D eigenvalue weighted by Crippen LogP contribution is 2.28. The van der Waals surface area contributed by atoms with E-state index in [1.165, 1.54) is 24.3 Å². The summed E-state index contributed by atoms with van der Waals surface area (Å²) in [5.74, 6) is -2.42. The molecule has 1 aliphatic heterocycles. The molecule has 0 saturated carbocycles. The van der Waals surface area contributed by atoms with E-state index >= 15 is 0 Å². The van der Waals surface area contributed by atoms with Gasteiger partial charge < -0.3 is 5.32 Å². The van der Waals surface area contributed by atoms with Crippen LogP contribution in [0.3, 0.4) is 0 Å². The molecular formula is C12H11N3O6. The molecule has 0 radical (unpaired) electrons. The van der Waals surface area contributed by atoms with Gasteiger partial charge in [0.15, 0.2) is 0 Å². The van der Waals surface area contributed by atoms with E-state index < -0.39 is 33.1 Å². The zero-order valence-corrected chi connectivity index (χ0v) is 10.7. The smallest absolute Gasteiger partial charge is 0.349 e. The fourth-order valence-corrected chi connectivity index (χ4v) is 2.43. The minimum Gasteiger partial charge on any atom is -0.349 e. The highest BCUT2D eigenvalue weighted by molar-refractivity contribution is 6.17. The molecule has 1 aromatic carbocycles. The van der Waals surface area contributed by atoms with Crippen molar-refractivity contribution in [2.24, 2.45) is 0 Å². The summed E-state index contributed by atoms with van der Waals surface area (Å²) in [5.41, 5.74) is -3.04. The zero-order chi connectivity index (χ0) is 15.6. The van der Waals surface area contributed by atoms with Gasteiger partial charge in [-0.25, -0.2) is 0 Å². The molecule has 1 heterocycles. The van der Waals surface area contributed by atoms with Crippen molar-refractivity contribution >= 4 is 11.7 Å². The number of hydrogen-bond acceptors (Lipinski definition) is 6. The van der Waals surface area contributed by atoms with Crippen LogP contribution in [0.1, 0.15) is 16.8 Å². The number of ketones is 1. The van der Waals surface area contributed by atoms with Gasteiger partial charge in [0.05, 0.1) is 4.92 Å². The lowest BCUT2D eigenvalue weighted by atomic mass is 9.78. The second-order valence-corrected chi connectivity index (χ2v) is 4.56. The van der Waals surface area contributed by atoms with Crippen LogP contribution in [-0.2, 0) is 4.79 Å². The Kier molecular flexibility index (Phi) is 3.66. The largest absolute Gasteiger partial charge is 0.424 e. The molecule has 1 amide bonds. The molecule has 2 unspecified atom stereocenters. The summed E-state index contributed by atoms with van der Waals surface area (Å²) in [4.78, 5) is 45.0. The molecule has 1 fully saturated rings. The van der Waals surface area contributed by atoms with Crippen molar-refractivity contribution in [2.45, 2.75) is 18.0 Å². The summed E-state index contributed by atoms with van der Waals surface area (Å²) < 4.78 is 0. The summed E-state index contributed by atoms with van der Waals surface area (Å²) in [6.45, 7) is -0.0812. The second-order valence-electron chi connectivity index (χ2n) is 4.56. The van der Waals surface area contributed by atoms with Crippen LogP contribution in [-0.4, -0.2) is 39.7 Å². The third-order valence-corrected chi connectivity index (χ3v) is 3.46. The zero-order valence-electron chi connectivity index (χ0n) is 10.7. The summed E-state index contributed by atoms with van der Waals surface area (Å²) >= 11 is 0. The fraction of sp³-hybridized carbons (Fsp3) is 0.333. The molecule has 9 heteroatoms. The summed E-state index contributed by atoms with van der Waals surface area (Å²) in [5, 5.41) is 24.7. The lowest BCUT2D eigenvalue weighted by Gasteiger charge is -2.29. The van der Waals surface area contributed by atoms with Gasteiger partial charge in [-0.2, -0.15) is 0 Å². The minimum absolute atomic E-state index is 0.0812. The van der Waals surface area contributed by atoms with Crippen LogP contribution < -0.4 is 5.32 Å². The van der Waals surface area contributed by atoms with E-state index in [1.807, 2.05) is 0 Å². The molecular weight excluding hydrogens is 282 g/mol. The number of rotatable bonds is 4. The molecule has 0 spiro atoms. The Morgan fingerprint density at radius 2 is 1.86 bits per heavy atom. The van der Waals surface area contributed by atoms with E-state index in [0.29, 0.717) is 0 Å². The molecule has 0 aliphatic carbocycles. The highest BCUT2D eigenvalue weighted by Gasteiger charge is 2.71. The molecule has 1 aliphatic rings. The number of nitrogens with zero attached hydrogens (tertiary/aromatic N) is 2. The lowest BCUT2D eigenvalue weighted by molar-refractivity contribution is -0.627. The van der Waals surface area contributed by atoms with E-state index in [-0.39, 0.29) is 18.5 Å². The van der Waals surface area contributed by atoms with Gasteiger partial charge in [0, 0.05) is 23.5 Å². The first-order valence-corrected chi connectivity index (χ1v) is 6.08. The quantitative estimate of drug-likeness (QED) is 0.361. The van der Waals surface area contributed by atoms with Gasteiger partial charge in [-0.15, -0.1) is 0 Å². The molecule has 1 saturated heterocycles. The topological polar surface area (TPSA) is 132 Å². The Morgan fingerprint density at radius 1 is 1.24 bits per heavy atom. The van der Waals surface area contributed by atoms with Crippen molar-refractivity contribution in [3.63, 3.8) is 0 Å². The van der Waals surface area contributed by atoms with Crippen LogP contribution >= 0.6 is 0 Å². The monoisotopic (exact) mass is 293 g/mol. The minimum atomic E-state index is -2.93. The van der Waals surface area contributed by atoms with E-state index in [9.17, 15) is 29.8 Å². The Hall–Kier alpha value is -2.84.